The van der Waals surface area contributed by atoms with Crippen molar-refractivity contribution in [2.24, 2.45) is 22.2 Å². The molecule has 2 unspecified atom stereocenters. The summed E-state index contributed by atoms with van der Waals surface area (Å²) in [7, 11) is 0. The van der Waals surface area contributed by atoms with Crippen molar-refractivity contribution in [1.29, 1.82) is 0 Å². The number of hydrogen-bond acceptors (Lipinski definition) is 2. The van der Waals surface area contributed by atoms with Crippen molar-refractivity contribution in [1.82, 2.24) is 0 Å². The number of hydrogen-bond donors (Lipinski definition) is 0. The lowest BCUT2D eigenvalue weighted by molar-refractivity contribution is -0.111. The third-order valence-corrected chi connectivity index (χ3v) is 8.23. The third-order valence-electron chi connectivity index (χ3n) is 8.23. The van der Waals surface area contributed by atoms with Crippen molar-refractivity contribution < 1.29 is 9.59 Å². The van der Waals surface area contributed by atoms with Crippen molar-refractivity contribution in [3.05, 3.63) is 46.6 Å². The van der Waals surface area contributed by atoms with E-state index in [1.807, 2.05) is 6.08 Å². The van der Waals surface area contributed by atoms with Crippen LogP contribution in [0, 0.1) is 22.2 Å². The Kier molecular flexibility index (Phi) is 3.28. The highest BCUT2D eigenvalue weighted by Gasteiger charge is 2.59. The Morgan fingerprint density at radius 3 is 2.81 bits per heavy atom. The van der Waals surface area contributed by atoms with Crippen molar-refractivity contribution in [3.63, 3.8) is 0 Å². The van der Waals surface area contributed by atoms with E-state index < -0.39 is 0 Å². The molecule has 0 aliphatic heterocycles. The van der Waals surface area contributed by atoms with E-state index in [2.05, 4.69) is 26.0 Å². The molecule has 0 heterocycles. The highest BCUT2D eigenvalue weighted by Crippen LogP contribution is 2.70. The van der Waals surface area contributed by atoms with Crippen LogP contribution in [-0.2, 0) is 9.59 Å². The summed E-state index contributed by atoms with van der Waals surface area (Å²) in [6, 6.07) is 0. The zero-order valence-electron chi connectivity index (χ0n) is 15.9. The molecule has 136 valence electrons. The molecule has 0 aromatic carbocycles. The van der Waals surface area contributed by atoms with Gasteiger partial charge in [-0.05, 0) is 97.5 Å². The molecular formula is C24H28O2. The average Bonchev–Trinajstić information content (AvgIpc) is 3.31. The van der Waals surface area contributed by atoms with E-state index in [9.17, 15) is 9.59 Å². The van der Waals surface area contributed by atoms with Crippen LogP contribution in [0.4, 0.5) is 0 Å². The van der Waals surface area contributed by atoms with Crippen LogP contribution in [0.2, 0.25) is 0 Å². The molecule has 0 aromatic heterocycles. The van der Waals surface area contributed by atoms with Gasteiger partial charge in [-0.3, -0.25) is 4.79 Å². The zero-order valence-corrected chi connectivity index (χ0v) is 15.9. The molecule has 5 aliphatic rings. The number of rotatable bonds is 3. The van der Waals surface area contributed by atoms with Gasteiger partial charge in [0.25, 0.3) is 0 Å². The lowest BCUT2D eigenvalue weighted by Crippen LogP contribution is -2.38. The summed E-state index contributed by atoms with van der Waals surface area (Å²) in [5, 5.41) is 0. The Balaban J connectivity index is 1.58. The predicted molar refractivity (Wildman–Crippen MR) is 102 cm³/mol. The minimum atomic E-state index is -0.0500. The Labute approximate surface area is 156 Å². The van der Waals surface area contributed by atoms with Crippen molar-refractivity contribution in [2.75, 3.05) is 0 Å². The highest BCUT2D eigenvalue weighted by atomic mass is 16.1. The van der Waals surface area contributed by atoms with Gasteiger partial charge in [-0.2, -0.15) is 0 Å². The molecule has 3 atom stereocenters. The van der Waals surface area contributed by atoms with E-state index in [-0.39, 0.29) is 22.0 Å². The normalized spacial score (nSPS) is 39.2. The Morgan fingerprint density at radius 2 is 2.08 bits per heavy atom. The fourth-order valence-corrected chi connectivity index (χ4v) is 6.58. The second kappa shape index (κ2) is 5.18. The van der Waals surface area contributed by atoms with E-state index in [0.29, 0.717) is 12.3 Å². The molecule has 5 rings (SSSR count). The van der Waals surface area contributed by atoms with Crippen LogP contribution in [0.5, 0.6) is 0 Å². The smallest absolute Gasteiger partial charge is 0.178 e. The molecular weight excluding hydrogens is 320 g/mol. The van der Waals surface area contributed by atoms with Gasteiger partial charge in [0.1, 0.15) is 6.29 Å². The molecule has 1 fully saturated rings. The number of carbonyl (C=O) groups excluding carboxylic acids is 2. The van der Waals surface area contributed by atoms with Gasteiger partial charge in [-0.15, -0.1) is 0 Å². The molecule has 0 saturated heterocycles. The molecule has 0 bridgehead atoms. The summed E-state index contributed by atoms with van der Waals surface area (Å²) < 4.78 is 0. The van der Waals surface area contributed by atoms with Crippen LogP contribution in [0.25, 0.3) is 0 Å². The van der Waals surface area contributed by atoms with E-state index in [4.69, 9.17) is 0 Å². The predicted octanol–water partition coefficient (Wildman–Crippen LogP) is 5.26. The number of aldehydes is 1. The quantitative estimate of drug-likeness (QED) is 0.652. The van der Waals surface area contributed by atoms with Crippen LogP contribution in [0.15, 0.2) is 46.6 Å². The van der Waals surface area contributed by atoms with Gasteiger partial charge in [-0.1, -0.05) is 24.6 Å². The fourth-order valence-electron chi connectivity index (χ4n) is 6.58. The van der Waals surface area contributed by atoms with E-state index in [1.54, 1.807) is 22.8 Å². The SMILES string of the molecule is CC12C=CC(=O)C=C1C1(CC1)CC1=C2CCC2C1=CC[C@@]2(C)CCC=O. The fraction of sp³-hybridized carbons (Fsp3) is 0.583. The highest BCUT2D eigenvalue weighted by molar-refractivity contribution is 6.02. The molecule has 2 nitrogen and oxygen atoms in total. The Hall–Kier alpha value is -1.70. The zero-order chi connectivity index (χ0) is 18.2. The maximum absolute atomic E-state index is 12.1. The van der Waals surface area contributed by atoms with E-state index in [1.165, 1.54) is 24.8 Å². The van der Waals surface area contributed by atoms with Crippen molar-refractivity contribution in [2.45, 2.75) is 65.2 Å². The first-order chi connectivity index (χ1) is 12.4. The maximum Gasteiger partial charge on any atom is 0.178 e. The minimum Gasteiger partial charge on any atom is -0.303 e. The van der Waals surface area contributed by atoms with Gasteiger partial charge in [-0.25, -0.2) is 0 Å². The van der Waals surface area contributed by atoms with Gasteiger partial charge in [0.2, 0.25) is 0 Å². The van der Waals surface area contributed by atoms with Gasteiger partial charge in [0.05, 0.1) is 0 Å². The summed E-state index contributed by atoms with van der Waals surface area (Å²) in [4.78, 5) is 23.0. The van der Waals surface area contributed by atoms with Crippen LogP contribution in [0.3, 0.4) is 0 Å². The second-order valence-electron chi connectivity index (χ2n) is 9.72. The first-order valence-electron chi connectivity index (χ1n) is 10.2. The lowest BCUT2D eigenvalue weighted by Gasteiger charge is -2.49. The van der Waals surface area contributed by atoms with Gasteiger partial charge in [0, 0.05) is 11.8 Å². The summed E-state index contributed by atoms with van der Waals surface area (Å²) >= 11 is 0. The summed E-state index contributed by atoms with van der Waals surface area (Å²) in [6.07, 6.45) is 18.2. The Morgan fingerprint density at radius 1 is 1.27 bits per heavy atom. The third kappa shape index (κ3) is 2.05. The standard InChI is InChI=1S/C24H28O2/c1-22(8-3-13-25)9-7-17-18-15-24(11-12-24)21-14-16(26)6-10-23(21,2)20(18)5-4-19(17)22/h6-7,10,13-14,19H,3-5,8-9,11-12,15H2,1-2H3/t19?,22-,23?/m1/s1. The number of fused-ring (bicyclic) bond motifs is 5. The van der Waals surface area contributed by atoms with Crippen LogP contribution < -0.4 is 0 Å². The average molecular weight is 348 g/mol. The molecule has 5 aliphatic carbocycles. The van der Waals surface area contributed by atoms with Crippen LogP contribution in [0.1, 0.15) is 65.2 Å². The summed E-state index contributed by atoms with van der Waals surface area (Å²) in [5.74, 6) is 0.781. The molecule has 2 heteroatoms. The summed E-state index contributed by atoms with van der Waals surface area (Å²) in [6.45, 7) is 4.73. The topological polar surface area (TPSA) is 34.1 Å². The van der Waals surface area contributed by atoms with Gasteiger partial charge < -0.3 is 4.79 Å². The first kappa shape index (κ1) is 16.5. The number of allylic oxidation sites excluding steroid dienone is 8. The van der Waals surface area contributed by atoms with Crippen LogP contribution >= 0.6 is 0 Å². The van der Waals surface area contributed by atoms with Gasteiger partial charge >= 0.3 is 0 Å². The largest absolute Gasteiger partial charge is 0.303 e. The number of carbonyl (C=O) groups is 2. The van der Waals surface area contributed by atoms with Crippen LogP contribution in [-0.4, -0.2) is 12.1 Å². The molecule has 0 N–H and O–H groups in total. The molecule has 1 spiro atoms. The van der Waals surface area contributed by atoms with E-state index >= 15 is 0 Å². The minimum absolute atomic E-state index is 0.0500. The molecule has 1 saturated carbocycles. The summed E-state index contributed by atoms with van der Waals surface area (Å²) in [5.41, 5.74) is 6.64. The number of ketones is 1. The van der Waals surface area contributed by atoms with Gasteiger partial charge in [0.15, 0.2) is 5.78 Å². The molecule has 26 heavy (non-hydrogen) atoms. The van der Waals surface area contributed by atoms with Crippen molar-refractivity contribution in [3.8, 4) is 0 Å². The molecule has 0 aromatic rings. The van der Waals surface area contributed by atoms with E-state index in [0.717, 1.165) is 32.0 Å². The molecule has 0 radical (unpaired) electrons. The second-order valence-corrected chi connectivity index (χ2v) is 9.72. The monoisotopic (exact) mass is 348 g/mol. The van der Waals surface area contributed by atoms with Crippen molar-refractivity contribution >= 4 is 12.1 Å². The Bertz CT molecular complexity index is 832. The maximum atomic E-state index is 12.1. The first-order valence-corrected chi connectivity index (χ1v) is 10.2. The lowest BCUT2D eigenvalue weighted by atomic mass is 9.54. The molecule has 0 amide bonds.